The first-order valence-electron chi connectivity index (χ1n) is 7.06. The standard InChI is InChI=1S/C15H22N2O3/c1-3-15(4-2,10-16)14(18)17-11-5-6-12-13(9-11)20-8-7-19-12/h5-6,9H,3-4,7-8,10,16H2,1-2H3,(H,17,18). The first-order chi connectivity index (χ1) is 9.65. The molecule has 0 unspecified atom stereocenters. The molecule has 2 rings (SSSR count). The number of ether oxygens (including phenoxy) is 2. The molecule has 110 valence electrons. The van der Waals surface area contributed by atoms with E-state index in [2.05, 4.69) is 5.32 Å². The van der Waals surface area contributed by atoms with E-state index in [4.69, 9.17) is 15.2 Å². The summed E-state index contributed by atoms with van der Waals surface area (Å²) in [6.45, 7) is 5.40. The van der Waals surface area contributed by atoms with Gasteiger partial charge in [-0.3, -0.25) is 4.79 Å². The van der Waals surface area contributed by atoms with Crippen molar-refractivity contribution < 1.29 is 14.3 Å². The van der Waals surface area contributed by atoms with Crippen LogP contribution in [0.25, 0.3) is 0 Å². The summed E-state index contributed by atoms with van der Waals surface area (Å²) in [5, 5.41) is 2.93. The van der Waals surface area contributed by atoms with Gasteiger partial charge in [-0.15, -0.1) is 0 Å². The van der Waals surface area contributed by atoms with Gasteiger partial charge in [0.05, 0.1) is 5.41 Å². The fourth-order valence-corrected chi connectivity index (χ4v) is 2.34. The lowest BCUT2D eigenvalue weighted by Gasteiger charge is -2.28. The molecule has 0 spiro atoms. The van der Waals surface area contributed by atoms with Crippen LogP contribution in [0.1, 0.15) is 26.7 Å². The highest BCUT2D eigenvalue weighted by Gasteiger charge is 2.33. The lowest BCUT2D eigenvalue weighted by atomic mass is 9.81. The number of nitrogens with one attached hydrogen (secondary N) is 1. The number of amides is 1. The number of nitrogens with two attached hydrogens (primary N) is 1. The quantitative estimate of drug-likeness (QED) is 0.865. The molecule has 5 heteroatoms. The van der Waals surface area contributed by atoms with Gasteiger partial charge in [0.25, 0.3) is 0 Å². The van der Waals surface area contributed by atoms with Crippen molar-refractivity contribution in [2.75, 3.05) is 25.1 Å². The van der Waals surface area contributed by atoms with Gasteiger partial charge in [0, 0.05) is 18.3 Å². The summed E-state index contributed by atoms with van der Waals surface area (Å²) in [6, 6.07) is 5.42. The van der Waals surface area contributed by atoms with Crippen molar-refractivity contribution >= 4 is 11.6 Å². The van der Waals surface area contributed by atoms with Crippen LogP contribution in [0.5, 0.6) is 11.5 Å². The van der Waals surface area contributed by atoms with Gasteiger partial charge < -0.3 is 20.5 Å². The average molecular weight is 278 g/mol. The Morgan fingerprint density at radius 1 is 1.25 bits per heavy atom. The normalized spacial score (nSPS) is 13.9. The molecule has 3 N–H and O–H groups in total. The minimum Gasteiger partial charge on any atom is -0.486 e. The summed E-state index contributed by atoms with van der Waals surface area (Å²) in [7, 11) is 0. The molecule has 0 saturated heterocycles. The Labute approximate surface area is 119 Å². The summed E-state index contributed by atoms with van der Waals surface area (Å²) in [5.74, 6) is 1.34. The number of hydrogen-bond acceptors (Lipinski definition) is 4. The van der Waals surface area contributed by atoms with E-state index < -0.39 is 5.41 Å². The van der Waals surface area contributed by atoms with E-state index in [1.807, 2.05) is 26.0 Å². The largest absolute Gasteiger partial charge is 0.486 e. The molecule has 0 aromatic heterocycles. The highest BCUT2D eigenvalue weighted by atomic mass is 16.6. The Kier molecular flexibility index (Phi) is 4.49. The lowest BCUT2D eigenvalue weighted by Crippen LogP contribution is -2.41. The van der Waals surface area contributed by atoms with E-state index in [9.17, 15) is 4.79 Å². The molecule has 0 bridgehead atoms. The van der Waals surface area contributed by atoms with Crippen LogP contribution in [0, 0.1) is 5.41 Å². The van der Waals surface area contributed by atoms with E-state index in [0.717, 1.165) is 12.8 Å². The van der Waals surface area contributed by atoms with Crippen molar-refractivity contribution in [1.29, 1.82) is 0 Å². The van der Waals surface area contributed by atoms with Gasteiger partial charge in [-0.25, -0.2) is 0 Å². The maximum absolute atomic E-state index is 12.4. The van der Waals surface area contributed by atoms with Crippen LogP contribution in [0.15, 0.2) is 18.2 Å². The fraction of sp³-hybridized carbons (Fsp3) is 0.533. The van der Waals surface area contributed by atoms with Gasteiger partial charge >= 0.3 is 0 Å². The lowest BCUT2D eigenvalue weighted by molar-refractivity contribution is -0.125. The Morgan fingerprint density at radius 2 is 1.90 bits per heavy atom. The van der Waals surface area contributed by atoms with E-state index in [1.165, 1.54) is 0 Å². The SMILES string of the molecule is CCC(CC)(CN)C(=O)Nc1ccc2c(c1)OCCO2. The van der Waals surface area contributed by atoms with Crippen molar-refractivity contribution in [2.45, 2.75) is 26.7 Å². The van der Waals surface area contributed by atoms with Crippen molar-refractivity contribution in [3.8, 4) is 11.5 Å². The molecule has 1 aromatic carbocycles. The van der Waals surface area contributed by atoms with Crippen molar-refractivity contribution in [1.82, 2.24) is 0 Å². The third kappa shape index (κ3) is 2.72. The second-order valence-corrected chi connectivity index (χ2v) is 5.00. The number of anilines is 1. The molecular weight excluding hydrogens is 256 g/mol. The topological polar surface area (TPSA) is 73.6 Å². The molecule has 1 aromatic rings. The zero-order valence-electron chi connectivity index (χ0n) is 12.1. The third-order valence-electron chi connectivity index (χ3n) is 4.03. The minimum atomic E-state index is -0.507. The number of rotatable bonds is 5. The first kappa shape index (κ1) is 14.7. The van der Waals surface area contributed by atoms with Crippen molar-refractivity contribution in [3.05, 3.63) is 18.2 Å². The second-order valence-electron chi connectivity index (χ2n) is 5.00. The molecule has 0 aliphatic carbocycles. The smallest absolute Gasteiger partial charge is 0.231 e. The van der Waals surface area contributed by atoms with E-state index in [0.29, 0.717) is 36.9 Å². The Morgan fingerprint density at radius 3 is 2.50 bits per heavy atom. The zero-order chi connectivity index (χ0) is 14.6. The number of benzene rings is 1. The van der Waals surface area contributed by atoms with Crippen LogP contribution >= 0.6 is 0 Å². The van der Waals surface area contributed by atoms with Crippen LogP contribution in [0.3, 0.4) is 0 Å². The van der Waals surface area contributed by atoms with Crippen LogP contribution in [-0.2, 0) is 4.79 Å². The summed E-state index contributed by atoms with van der Waals surface area (Å²) in [5.41, 5.74) is 5.99. The van der Waals surface area contributed by atoms with Crippen LogP contribution in [0.2, 0.25) is 0 Å². The average Bonchev–Trinajstić information content (AvgIpc) is 2.49. The van der Waals surface area contributed by atoms with Gasteiger partial charge in [0.2, 0.25) is 5.91 Å². The first-order valence-corrected chi connectivity index (χ1v) is 7.06. The molecule has 1 amide bonds. The molecular formula is C15H22N2O3. The summed E-state index contributed by atoms with van der Waals surface area (Å²) in [6.07, 6.45) is 1.44. The monoisotopic (exact) mass is 278 g/mol. The molecule has 1 aliphatic rings. The van der Waals surface area contributed by atoms with Gasteiger partial charge in [-0.05, 0) is 25.0 Å². The highest BCUT2D eigenvalue weighted by molar-refractivity contribution is 5.95. The molecule has 1 heterocycles. The summed E-state index contributed by atoms with van der Waals surface area (Å²) >= 11 is 0. The molecule has 0 atom stereocenters. The van der Waals surface area contributed by atoms with E-state index in [1.54, 1.807) is 6.07 Å². The molecule has 0 radical (unpaired) electrons. The number of carbonyl (C=O) groups excluding carboxylic acids is 1. The third-order valence-corrected chi connectivity index (χ3v) is 4.03. The van der Waals surface area contributed by atoms with Crippen LogP contribution < -0.4 is 20.5 Å². The van der Waals surface area contributed by atoms with Crippen molar-refractivity contribution in [3.63, 3.8) is 0 Å². The van der Waals surface area contributed by atoms with Gasteiger partial charge in [-0.1, -0.05) is 13.8 Å². The van der Waals surface area contributed by atoms with Crippen LogP contribution in [-0.4, -0.2) is 25.7 Å². The van der Waals surface area contributed by atoms with E-state index >= 15 is 0 Å². The fourth-order valence-electron chi connectivity index (χ4n) is 2.34. The highest BCUT2D eigenvalue weighted by Crippen LogP contribution is 2.34. The predicted octanol–water partition coefficient (Wildman–Crippen LogP) is 2.16. The zero-order valence-corrected chi connectivity index (χ0v) is 12.1. The Balaban J connectivity index is 2.15. The number of carbonyl (C=O) groups is 1. The van der Waals surface area contributed by atoms with Crippen molar-refractivity contribution in [2.24, 2.45) is 11.1 Å². The van der Waals surface area contributed by atoms with Gasteiger partial charge in [-0.2, -0.15) is 0 Å². The maximum Gasteiger partial charge on any atom is 0.231 e. The van der Waals surface area contributed by atoms with Crippen LogP contribution in [0.4, 0.5) is 5.69 Å². The molecule has 0 fully saturated rings. The molecule has 1 aliphatic heterocycles. The summed E-state index contributed by atoms with van der Waals surface area (Å²) in [4.78, 5) is 12.4. The Hall–Kier alpha value is -1.75. The molecule has 0 saturated carbocycles. The minimum absolute atomic E-state index is 0.0401. The number of hydrogen-bond donors (Lipinski definition) is 2. The number of fused-ring (bicyclic) bond motifs is 1. The van der Waals surface area contributed by atoms with Gasteiger partial charge in [0.15, 0.2) is 11.5 Å². The summed E-state index contributed by atoms with van der Waals surface area (Å²) < 4.78 is 11.0. The maximum atomic E-state index is 12.4. The molecule has 5 nitrogen and oxygen atoms in total. The van der Waals surface area contributed by atoms with E-state index in [-0.39, 0.29) is 5.91 Å². The van der Waals surface area contributed by atoms with Gasteiger partial charge in [0.1, 0.15) is 13.2 Å². The molecule has 20 heavy (non-hydrogen) atoms. The second kappa shape index (κ2) is 6.13. The predicted molar refractivity (Wildman–Crippen MR) is 78.1 cm³/mol. The Bertz CT molecular complexity index is 476.